The van der Waals surface area contributed by atoms with Crippen LogP contribution in [0.25, 0.3) is 0 Å². The molecule has 0 atom stereocenters. The SMILES string of the molecule is Nc1cn(Cc2ccccc2)nc1C=O. The molecule has 76 valence electrons. The van der Waals surface area contributed by atoms with Crippen LogP contribution in [0, 0.1) is 0 Å². The van der Waals surface area contributed by atoms with E-state index in [1.54, 1.807) is 10.9 Å². The second-order valence-corrected chi connectivity index (χ2v) is 3.27. The average molecular weight is 201 g/mol. The van der Waals surface area contributed by atoms with Crippen molar-refractivity contribution in [2.75, 3.05) is 5.73 Å². The first-order valence-electron chi connectivity index (χ1n) is 4.61. The summed E-state index contributed by atoms with van der Waals surface area (Å²) in [7, 11) is 0. The van der Waals surface area contributed by atoms with Crippen molar-refractivity contribution < 1.29 is 4.79 Å². The molecule has 0 amide bonds. The molecule has 0 saturated carbocycles. The lowest BCUT2D eigenvalue weighted by molar-refractivity contribution is 0.111. The zero-order valence-corrected chi connectivity index (χ0v) is 8.13. The van der Waals surface area contributed by atoms with Gasteiger partial charge in [-0.25, -0.2) is 0 Å². The van der Waals surface area contributed by atoms with Crippen molar-refractivity contribution in [2.45, 2.75) is 6.54 Å². The van der Waals surface area contributed by atoms with Crippen LogP contribution in [0.5, 0.6) is 0 Å². The number of hydrogen-bond donors (Lipinski definition) is 1. The highest BCUT2D eigenvalue weighted by atomic mass is 16.1. The van der Waals surface area contributed by atoms with Crippen molar-refractivity contribution >= 4 is 12.0 Å². The van der Waals surface area contributed by atoms with Crippen LogP contribution in [0.15, 0.2) is 36.5 Å². The first kappa shape index (κ1) is 9.45. The van der Waals surface area contributed by atoms with E-state index in [1.165, 1.54) is 0 Å². The molecule has 0 aliphatic rings. The number of rotatable bonds is 3. The quantitative estimate of drug-likeness (QED) is 0.762. The van der Waals surface area contributed by atoms with E-state index in [9.17, 15) is 4.79 Å². The molecule has 4 heteroatoms. The molecule has 1 aromatic carbocycles. The third kappa shape index (κ3) is 2.04. The maximum Gasteiger partial charge on any atom is 0.172 e. The molecule has 0 spiro atoms. The Bertz CT molecular complexity index is 462. The molecule has 2 N–H and O–H groups in total. The summed E-state index contributed by atoms with van der Waals surface area (Å²) in [6, 6.07) is 9.88. The molecule has 1 heterocycles. The summed E-state index contributed by atoms with van der Waals surface area (Å²) in [6.45, 7) is 0.624. The minimum Gasteiger partial charge on any atom is -0.396 e. The first-order valence-corrected chi connectivity index (χ1v) is 4.61. The van der Waals surface area contributed by atoms with Gasteiger partial charge in [-0.05, 0) is 5.56 Å². The van der Waals surface area contributed by atoms with Gasteiger partial charge in [0.15, 0.2) is 6.29 Å². The fraction of sp³-hybridized carbons (Fsp3) is 0.0909. The maximum atomic E-state index is 10.5. The number of nitrogens with zero attached hydrogens (tertiary/aromatic N) is 2. The van der Waals surface area contributed by atoms with Crippen molar-refractivity contribution in [3.63, 3.8) is 0 Å². The van der Waals surface area contributed by atoms with E-state index >= 15 is 0 Å². The lowest BCUT2D eigenvalue weighted by atomic mass is 10.2. The van der Waals surface area contributed by atoms with E-state index in [1.807, 2.05) is 30.3 Å². The summed E-state index contributed by atoms with van der Waals surface area (Å²) in [5.41, 5.74) is 7.43. The van der Waals surface area contributed by atoms with Gasteiger partial charge in [-0.3, -0.25) is 9.48 Å². The standard InChI is InChI=1S/C11H11N3O/c12-10-7-14(13-11(10)8-15)6-9-4-2-1-3-5-9/h1-5,7-8H,6,12H2. The van der Waals surface area contributed by atoms with Crippen molar-refractivity contribution in [3.8, 4) is 0 Å². The van der Waals surface area contributed by atoms with Gasteiger partial charge in [0.25, 0.3) is 0 Å². The number of aldehydes is 1. The Balaban J connectivity index is 2.21. The molecular weight excluding hydrogens is 190 g/mol. The topological polar surface area (TPSA) is 60.9 Å². The van der Waals surface area contributed by atoms with Gasteiger partial charge in [0.2, 0.25) is 0 Å². The van der Waals surface area contributed by atoms with Gasteiger partial charge in [-0.15, -0.1) is 0 Å². The van der Waals surface area contributed by atoms with Crippen LogP contribution in [0.1, 0.15) is 16.1 Å². The zero-order chi connectivity index (χ0) is 10.7. The Kier molecular flexibility index (Phi) is 2.49. The minimum atomic E-state index is 0.297. The summed E-state index contributed by atoms with van der Waals surface area (Å²) in [5.74, 6) is 0. The molecule has 0 radical (unpaired) electrons. The molecule has 2 rings (SSSR count). The van der Waals surface area contributed by atoms with Gasteiger partial charge in [-0.2, -0.15) is 5.10 Å². The number of nitrogen functional groups attached to an aromatic ring is 1. The number of aromatic nitrogens is 2. The number of anilines is 1. The molecule has 2 aromatic rings. The molecule has 0 saturated heterocycles. The summed E-state index contributed by atoms with van der Waals surface area (Å²) in [5, 5.41) is 4.05. The Morgan fingerprint density at radius 1 is 1.33 bits per heavy atom. The van der Waals surface area contributed by atoms with Crippen molar-refractivity contribution in [1.29, 1.82) is 0 Å². The van der Waals surface area contributed by atoms with E-state index in [0.29, 0.717) is 24.2 Å². The van der Waals surface area contributed by atoms with Crippen LogP contribution in [-0.4, -0.2) is 16.1 Å². The molecule has 0 bridgehead atoms. The highest BCUT2D eigenvalue weighted by Crippen LogP contribution is 2.08. The number of nitrogens with two attached hydrogens (primary N) is 1. The molecule has 4 nitrogen and oxygen atoms in total. The highest BCUT2D eigenvalue weighted by Gasteiger charge is 2.04. The van der Waals surface area contributed by atoms with E-state index in [2.05, 4.69) is 5.10 Å². The molecule has 0 aliphatic heterocycles. The molecule has 0 fully saturated rings. The van der Waals surface area contributed by atoms with E-state index in [0.717, 1.165) is 5.56 Å². The predicted molar refractivity (Wildman–Crippen MR) is 57.6 cm³/mol. The normalized spacial score (nSPS) is 10.1. The smallest absolute Gasteiger partial charge is 0.172 e. The van der Waals surface area contributed by atoms with Gasteiger partial charge in [0.05, 0.1) is 12.2 Å². The monoisotopic (exact) mass is 201 g/mol. The van der Waals surface area contributed by atoms with Crippen LogP contribution in [0.2, 0.25) is 0 Å². The number of hydrogen-bond acceptors (Lipinski definition) is 3. The molecular formula is C11H11N3O. The summed E-state index contributed by atoms with van der Waals surface area (Å²) >= 11 is 0. The highest BCUT2D eigenvalue weighted by molar-refractivity contribution is 5.79. The van der Waals surface area contributed by atoms with Crippen LogP contribution in [0.3, 0.4) is 0 Å². The van der Waals surface area contributed by atoms with Crippen LogP contribution < -0.4 is 5.73 Å². The van der Waals surface area contributed by atoms with Crippen LogP contribution in [-0.2, 0) is 6.54 Å². The van der Waals surface area contributed by atoms with E-state index in [-0.39, 0.29) is 0 Å². The third-order valence-electron chi connectivity index (χ3n) is 2.12. The van der Waals surface area contributed by atoms with Gasteiger partial charge >= 0.3 is 0 Å². The fourth-order valence-electron chi connectivity index (χ4n) is 1.39. The molecule has 0 aliphatic carbocycles. The number of carbonyl (C=O) groups is 1. The maximum absolute atomic E-state index is 10.5. The Labute approximate surface area is 87.3 Å². The van der Waals surface area contributed by atoms with Crippen LogP contribution >= 0.6 is 0 Å². The Hall–Kier alpha value is -2.10. The zero-order valence-electron chi connectivity index (χ0n) is 8.13. The van der Waals surface area contributed by atoms with Crippen molar-refractivity contribution in [2.24, 2.45) is 0 Å². The van der Waals surface area contributed by atoms with Crippen LogP contribution in [0.4, 0.5) is 5.69 Å². The van der Waals surface area contributed by atoms with Gasteiger partial charge < -0.3 is 5.73 Å². The molecule has 15 heavy (non-hydrogen) atoms. The minimum absolute atomic E-state index is 0.297. The van der Waals surface area contributed by atoms with Gasteiger partial charge in [0.1, 0.15) is 5.69 Å². The Morgan fingerprint density at radius 2 is 2.07 bits per heavy atom. The van der Waals surface area contributed by atoms with E-state index in [4.69, 9.17) is 5.73 Å². The number of carbonyl (C=O) groups excluding carboxylic acids is 1. The van der Waals surface area contributed by atoms with Gasteiger partial charge in [-0.1, -0.05) is 30.3 Å². The Morgan fingerprint density at radius 3 is 2.67 bits per heavy atom. The second kappa shape index (κ2) is 3.96. The van der Waals surface area contributed by atoms with E-state index < -0.39 is 0 Å². The predicted octanol–water partition coefficient (Wildman–Crippen LogP) is 1.33. The summed E-state index contributed by atoms with van der Waals surface area (Å²) < 4.78 is 1.66. The lowest BCUT2D eigenvalue weighted by Gasteiger charge is -2.00. The summed E-state index contributed by atoms with van der Waals surface area (Å²) in [6.07, 6.45) is 2.33. The lowest BCUT2D eigenvalue weighted by Crippen LogP contribution is -2.00. The molecule has 1 aromatic heterocycles. The largest absolute Gasteiger partial charge is 0.396 e. The molecule has 0 unspecified atom stereocenters. The third-order valence-corrected chi connectivity index (χ3v) is 2.12. The van der Waals surface area contributed by atoms with Crippen molar-refractivity contribution in [3.05, 3.63) is 47.8 Å². The fourth-order valence-corrected chi connectivity index (χ4v) is 1.39. The second-order valence-electron chi connectivity index (χ2n) is 3.27. The number of benzene rings is 1. The van der Waals surface area contributed by atoms with Crippen molar-refractivity contribution in [1.82, 2.24) is 9.78 Å². The van der Waals surface area contributed by atoms with Gasteiger partial charge in [0, 0.05) is 6.20 Å². The average Bonchev–Trinajstić information content (AvgIpc) is 2.60. The first-order chi connectivity index (χ1) is 7.29. The summed E-state index contributed by atoms with van der Waals surface area (Å²) in [4.78, 5) is 10.5.